The molecule has 0 radical (unpaired) electrons. The van der Waals surface area contributed by atoms with Crippen LogP contribution in [0, 0.1) is 5.92 Å². The van der Waals surface area contributed by atoms with Crippen molar-refractivity contribution in [2.24, 2.45) is 5.92 Å². The molecule has 140 valence electrons. The molecule has 2 aliphatic carbocycles. The van der Waals surface area contributed by atoms with Crippen LogP contribution in [0.3, 0.4) is 0 Å². The van der Waals surface area contributed by atoms with Crippen molar-refractivity contribution in [3.05, 3.63) is 28.2 Å². The molecule has 0 spiro atoms. The summed E-state index contributed by atoms with van der Waals surface area (Å²) in [5, 5.41) is 15.0. The third kappa shape index (κ3) is 4.31. The van der Waals surface area contributed by atoms with Crippen LogP contribution in [0.2, 0.25) is 0 Å². The first-order valence-corrected chi connectivity index (χ1v) is 11.5. The number of thiophene rings is 1. The first kappa shape index (κ1) is 18.0. The highest BCUT2D eigenvalue weighted by molar-refractivity contribution is 7.99. The maximum absolute atomic E-state index is 12.4. The Labute approximate surface area is 163 Å². The van der Waals surface area contributed by atoms with Gasteiger partial charge < -0.3 is 9.88 Å². The van der Waals surface area contributed by atoms with Crippen LogP contribution in [0.5, 0.6) is 0 Å². The lowest BCUT2D eigenvalue weighted by Crippen LogP contribution is -2.41. The van der Waals surface area contributed by atoms with Crippen LogP contribution in [-0.4, -0.2) is 32.5 Å². The van der Waals surface area contributed by atoms with Crippen LogP contribution < -0.4 is 5.32 Å². The zero-order valence-electron chi connectivity index (χ0n) is 15.2. The van der Waals surface area contributed by atoms with E-state index in [0.29, 0.717) is 23.8 Å². The maximum Gasteiger partial charge on any atom is 0.230 e. The third-order valence-corrected chi connectivity index (χ3v) is 7.17. The predicted molar refractivity (Wildman–Crippen MR) is 106 cm³/mol. The molecule has 1 N–H and O–H groups in total. The van der Waals surface area contributed by atoms with Crippen molar-refractivity contribution in [3.63, 3.8) is 0 Å². The summed E-state index contributed by atoms with van der Waals surface area (Å²) in [6.45, 7) is 2.25. The summed E-state index contributed by atoms with van der Waals surface area (Å²) < 4.78 is 2.26. The minimum atomic E-state index is 0.124. The molecule has 2 heterocycles. The van der Waals surface area contributed by atoms with Crippen molar-refractivity contribution in [1.29, 1.82) is 0 Å². The minimum Gasteiger partial charge on any atom is -0.352 e. The summed E-state index contributed by atoms with van der Waals surface area (Å²) in [4.78, 5) is 13.7. The number of hydrogen-bond donors (Lipinski definition) is 1. The van der Waals surface area contributed by atoms with Crippen LogP contribution in [0.1, 0.15) is 62.2 Å². The molecule has 2 atom stereocenters. The Balaban J connectivity index is 1.37. The summed E-state index contributed by atoms with van der Waals surface area (Å²) in [6, 6.07) is 5.07. The highest BCUT2D eigenvalue weighted by atomic mass is 32.2. The van der Waals surface area contributed by atoms with E-state index >= 15 is 0 Å². The molecule has 0 saturated heterocycles. The van der Waals surface area contributed by atoms with Gasteiger partial charge in [0.2, 0.25) is 5.91 Å². The van der Waals surface area contributed by atoms with Crippen molar-refractivity contribution in [2.45, 2.75) is 69.1 Å². The van der Waals surface area contributed by atoms with Crippen molar-refractivity contribution >= 4 is 29.0 Å². The molecule has 2 saturated carbocycles. The van der Waals surface area contributed by atoms with Gasteiger partial charge in [-0.1, -0.05) is 37.6 Å². The molecule has 0 aliphatic heterocycles. The number of nitrogens with zero attached hydrogens (tertiary/aromatic N) is 3. The van der Waals surface area contributed by atoms with E-state index in [1.54, 1.807) is 11.3 Å². The smallest absolute Gasteiger partial charge is 0.230 e. The molecular formula is C19H26N4OS2. The number of nitrogens with one attached hydrogen (secondary N) is 1. The Hall–Kier alpha value is -1.34. The number of carbonyl (C=O) groups is 1. The van der Waals surface area contributed by atoms with Gasteiger partial charge in [0.1, 0.15) is 5.82 Å². The number of hydrogen-bond acceptors (Lipinski definition) is 5. The molecular weight excluding hydrogens is 364 g/mol. The number of carbonyl (C=O) groups excluding carboxylic acids is 1. The van der Waals surface area contributed by atoms with Gasteiger partial charge in [-0.15, -0.1) is 21.5 Å². The summed E-state index contributed by atoms with van der Waals surface area (Å²) in [5.41, 5.74) is 0. The average molecular weight is 391 g/mol. The molecule has 2 aliphatic rings. The van der Waals surface area contributed by atoms with E-state index in [9.17, 15) is 4.79 Å². The molecule has 4 rings (SSSR count). The minimum absolute atomic E-state index is 0.124. The van der Waals surface area contributed by atoms with Crippen LogP contribution >= 0.6 is 23.1 Å². The fourth-order valence-electron chi connectivity index (χ4n) is 3.70. The second kappa shape index (κ2) is 8.13. The van der Waals surface area contributed by atoms with E-state index in [4.69, 9.17) is 0 Å². The Morgan fingerprint density at radius 1 is 1.31 bits per heavy atom. The van der Waals surface area contributed by atoms with Gasteiger partial charge in [0.25, 0.3) is 0 Å². The van der Waals surface area contributed by atoms with Gasteiger partial charge in [0, 0.05) is 23.4 Å². The number of amides is 1. The van der Waals surface area contributed by atoms with E-state index < -0.39 is 0 Å². The van der Waals surface area contributed by atoms with Crippen LogP contribution in [0.15, 0.2) is 22.7 Å². The Kier molecular flexibility index (Phi) is 5.64. The normalized spacial score (nSPS) is 23.1. The summed E-state index contributed by atoms with van der Waals surface area (Å²) in [5.74, 6) is 2.16. The lowest BCUT2D eigenvalue weighted by molar-refractivity contribution is -0.119. The summed E-state index contributed by atoms with van der Waals surface area (Å²) in [7, 11) is 0. The van der Waals surface area contributed by atoms with Crippen molar-refractivity contribution in [3.8, 4) is 0 Å². The molecule has 0 bridgehead atoms. The highest BCUT2D eigenvalue weighted by Gasteiger charge is 2.30. The van der Waals surface area contributed by atoms with Gasteiger partial charge in [-0.2, -0.15) is 0 Å². The fraction of sp³-hybridized carbons (Fsp3) is 0.632. The summed E-state index contributed by atoms with van der Waals surface area (Å²) >= 11 is 3.28. The van der Waals surface area contributed by atoms with Crippen molar-refractivity contribution in [1.82, 2.24) is 20.1 Å². The Morgan fingerprint density at radius 2 is 2.15 bits per heavy atom. The molecule has 1 amide bonds. The molecule has 0 unspecified atom stereocenters. The third-order valence-electron chi connectivity index (χ3n) is 5.35. The zero-order valence-corrected chi connectivity index (χ0v) is 16.8. The van der Waals surface area contributed by atoms with Crippen LogP contribution in [-0.2, 0) is 11.2 Å². The fourth-order valence-corrected chi connectivity index (χ4v) is 5.24. The average Bonchev–Trinajstić information content (AvgIpc) is 3.18. The van der Waals surface area contributed by atoms with Gasteiger partial charge in [-0.3, -0.25) is 4.79 Å². The molecule has 2 aromatic rings. The van der Waals surface area contributed by atoms with Gasteiger partial charge in [0.05, 0.1) is 5.75 Å². The topological polar surface area (TPSA) is 59.8 Å². The lowest BCUT2D eigenvalue weighted by atomic mass is 9.86. The van der Waals surface area contributed by atoms with E-state index in [2.05, 4.69) is 44.5 Å². The largest absolute Gasteiger partial charge is 0.352 e. The molecule has 5 nitrogen and oxygen atoms in total. The maximum atomic E-state index is 12.4. The molecule has 2 aromatic heterocycles. The number of rotatable bonds is 7. The number of thioether (sulfide) groups is 1. The molecule has 26 heavy (non-hydrogen) atoms. The van der Waals surface area contributed by atoms with Crippen molar-refractivity contribution in [2.75, 3.05) is 5.75 Å². The quantitative estimate of drug-likeness (QED) is 0.725. The van der Waals surface area contributed by atoms with Gasteiger partial charge in [-0.25, -0.2) is 0 Å². The zero-order chi connectivity index (χ0) is 17.9. The van der Waals surface area contributed by atoms with Gasteiger partial charge in [0.15, 0.2) is 5.16 Å². The first-order chi connectivity index (χ1) is 12.7. The van der Waals surface area contributed by atoms with Crippen LogP contribution in [0.4, 0.5) is 0 Å². The second-order valence-electron chi connectivity index (χ2n) is 7.48. The number of aromatic nitrogens is 3. The van der Waals surface area contributed by atoms with Crippen molar-refractivity contribution < 1.29 is 4.79 Å². The standard InChI is InChI=1S/C19H26N4OS2/c1-13-5-2-3-7-16(13)20-18(24)12-26-19-22-21-17(23(19)14-8-9-14)11-15-6-4-10-25-15/h4,6,10,13-14,16H,2-3,5,7-9,11-12H2,1H3,(H,20,24)/t13-,16-/m0/s1. The van der Waals surface area contributed by atoms with Gasteiger partial charge >= 0.3 is 0 Å². The second-order valence-corrected chi connectivity index (χ2v) is 9.46. The molecule has 7 heteroatoms. The molecule has 0 aromatic carbocycles. The Morgan fingerprint density at radius 3 is 2.88 bits per heavy atom. The van der Waals surface area contributed by atoms with Gasteiger partial charge in [-0.05, 0) is 43.0 Å². The van der Waals surface area contributed by atoms with E-state index in [0.717, 1.165) is 23.8 Å². The summed E-state index contributed by atoms with van der Waals surface area (Å²) in [6.07, 6.45) is 8.06. The monoisotopic (exact) mass is 390 g/mol. The highest BCUT2D eigenvalue weighted by Crippen LogP contribution is 2.39. The lowest BCUT2D eigenvalue weighted by Gasteiger charge is -2.29. The Bertz CT molecular complexity index is 739. The van der Waals surface area contributed by atoms with E-state index in [-0.39, 0.29) is 5.91 Å². The van der Waals surface area contributed by atoms with E-state index in [1.165, 1.54) is 48.7 Å². The van der Waals surface area contributed by atoms with Crippen LogP contribution in [0.25, 0.3) is 0 Å². The predicted octanol–water partition coefficient (Wildman–Crippen LogP) is 4.05. The SMILES string of the molecule is C[C@H]1CCCC[C@@H]1NC(=O)CSc1nnc(Cc2cccs2)n1C1CC1. The van der Waals surface area contributed by atoms with E-state index in [1.807, 2.05) is 0 Å². The first-order valence-electron chi connectivity index (χ1n) is 9.59. The molecule has 2 fully saturated rings.